The Bertz CT molecular complexity index is 461. The Morgan fingerprint density at radius 2 is 2.20 bits per heavy atom. The Kier molecular flexibility index (Phi) is 3.11. The quantitative estimate of drug-likeness (QED) is 0.942. The van der Waals surface area contributed by atoms with E-state index >= 15 is 0 Å². The summed E-state index contributed by atoms with van der Waals surface area (Å²) >= 11 is 5.16. The number of aryl methyl sites for hydroxylation is 1. The van der Waals surface area contributed by atoms with Crippen LogP contribution in [-0.4, -0.2) is 9.78 Å². The van der Waals surface area contributed by atoms with Gasteiger partial charge >= 0.3 is 0 Å². The fourth-order valence-corrected chi connectivity index (χ4v) is 2.58. The molecule has 2 aromatic rings. The third-order valence-corrected chi connectivity index (χ3v) is 4.03. The first-order valence-electron chi connectivity index (χ1n) is 4.75. The lowest BCUT2D eigenvalue weighted by Crippen LogP contribution is -2.04. The third-order valence-electron chi connectivity index (χ3n) is 2.20. The minimum absolute atomic E-state index is 0.682. The fourth-order valence-electron chi connectivity index (χ4n) is 1.34. The highest BCUT2D eigenvalue weighted by Gasteiger charge is 2.06. The average Bonchev–Trinajstić information content (AvgIpc) is 2.80. The van der Waals surface area contributed by atoms with Gasteiger partial charge in [0.25, 0.3) is 0 Å². The van der Waals surface area contributed by atoms with E-state index in [1.165, 1.54) is 9.75 Å². The second kappa shape index (κ2) is 4.37. The molecule has 0 unspecified atom stereocenters. The van der Waals surface area contributed by atoms with Gasteiger partial charge < -0.3 is 5.73 Å². The van der Waals surface area contributed by atoms with E-state index in [-0.39, 0.29) is 0 Å². The first-order valence-corrected chi connectivity index (χ1v) is 6.36. The molecule has 0 spiro atoms. The molecule has 0 saturated carbocycles. The zero-order valence-corrected chi connectivity index (χ0v) is 10.8. The molecule has 5 heteroatoms. The summed E-state index contributed by atoms with van der Waals surface area (Å²) in [5.41, 5.74) is 5.85. The molecule has 0 amide bonds. The normalized spacial score (nSPS) is 10.8. The largest absolute Gasteiger partial charge is 0.383 e. The van der Waals surface area contributed by atoms with Crippen LogP contribution >= 0.6 is 27.3 Å². The number of rotatable bonds is 3. The molecule has 0 bridgehead atoms. The number of nitrogens with zero attached hydrogens (tertiary/aromatic N) is 2. The summed E-state index contributed by atoms with van der Waals surface area (Å²) in [6.07, 6.45) is 2.81. The number of aromatic nitrogens is 2. The first kappa shape index (κ1) is 10.7. The van der Waals surface area contributed by atoms with E-state index in [0.717, 1.165) is 17.4 Å². The molecule has 2 heterocycles. The van der Waals surface area contributed by atoms with Crippen molar-refractivity contribution in [1.29, 1.82) is 0 Å². The molecule has 0 aliphatic heterocycles. The summed E-state index contributed by atoms with van der Waals surface area (Å²) in [5.74, 6) is 0.682. The van der Waals surface area contributed by atoms with Gasteiger partial charge in [-0.15, -0.1) is 11.3 Å². The van der Waals surface area contributed by atoms with Gasteiger partial charge in [-0.3, -0.25) is 0 Å². The Hall–Kier alpha value is -0.810. The summed E-state index contributed by atoms with van der Waals surface area (Å²) in [7, 11) is 0. The summed E-state index contributed by atoms with van der Waals surface area (Å²) < 4.78 is 2.66. The predicted molar refractivity (Wildman–Crippen MR) is 67.1 cm³/mol. The number of halogens is 1. The van der Waals surface area contributed by atoms with Crippen LogP contribution in [0.4, 0.5) is 5.82 Å². The molecule has 2 aromatic heterocycles. The fraction of sp³-hybridized carbons (Fsp3) is 0.300. The molecule has 15 heavy (non-hydrogen) atoms. The maximum absolute atomic E-state index is 5.85. The smallest absolute Gasteiger partial charge is 0.136 e. The Morgan fingerprint density at radius 3 is 2.73 bits per heavy atom. The second-order valence-electron chi connectivity index (χ2n) is 3.26. The molecular weight excluding hydrogens is 274 g/mol. The molecule has 0 radical (unpaired) electrons. The highest BCUT2D eigenvalue weighted by molar-refractivity contribution is 9.10. The van der Waals surface area contributed by atoms with Crippen molar-refractivity contribution in [2.45, 2.75) is 19.9 Å². The van der Waals surface area contributed by atoms with Gasteiger partial charge in [0.05, 0.1) is 17.2 Å². The Balaban J connectivity index is 2.18. The maximum atomic E-state index is 5.85. The molecule has 80 valence electrons. The van der Waals surface area contributed by atoms with E-state index < -0.39 is 0 Å². The number of nitrogen functional groups attached to an aromatic ring is 1. The lowest BCUT2D eigenvalue weighted by molar-refractivity contribution is 0.705. The van der Waals surface area contributed by atoms with Crippen LogP contribution in [0.1, 0.15) is 16.7 Å². The summed E-state index contributed by atoms with van der Waals surface area (Å²) in [6, 6.07) is 4.30. The van der Waals surface area contributed by atoms with Crippen LogP contribution in [0.2, 0.25) is 0 Å². The topological polar surface area (TPSA) is 43.8 Å². The van der Waals surface area contributed by atoms with Gasteiger partial charge in [-0.1, -0.05) is 6.92 Å². The van der Waals surface area contributed by atoms with Gasteiger partial charge in [-0.05, 0) is 34.5 Å². The van der Waals surface area contributed by atoms with Gasteiger partial charge in [0.1, 0.15) is 5.82 Å². The van der Waals surface area contributed by atoms with Gasteiger partial charge in [0, 0.05) is 9.75 Å². The average molecular weight is 286 g/mol. The molecule has 0 fully saturated rings. The lowest BCUT2D eigenvalue weighted by atomic mass is 10.4. The third kappa shape index (κ3) is 2.23. The van der Waals surface area contributed by atoms with Crippen molar-refractivity contribution in [2.24, 2.45) is 0 Å². The van der Waals surface area contributed by atoms with Crippen LogP contribution in [0.15, 0.2) is 22.8 Å². The van der Waals surface area contributed by atoms with E-state index in [1.54, 1.807) is 10.9 Å². The second-order valence-corrected chi connectivity index (χ2v) is 5.36. The molecule has 2 rings (SSSR count). The minimum atomic E-state index is 0.682. The summed E-state index contributed by atoms with van der Waals surface area (Å²) in [5, 5.41) is 4.20. The highest BCUT2D eigenvalue weighted by Crippen LogP contribution is 2.22. The highest BCUT2D eigenvalue weighted by atomic mass is 79.9. The van der Waals surface area contributed by atoms with Crippen molar-refractivity contribution < 1.29 is 0 Å². The Morgan fingerprint density at radius 1 is 1.47 bits per heavy atom. The van der Waals surface area contributed by atoms with E-state index in [0.29, 0.717) is 5.82 Å². The number of thiophene rings is 1. The molecule has 0 aliphatic rings. The molecule has 0 saturated heterocycles. The van der Waals surface area contributed by atoms with E-state index in [1.807, 2.05) is 11.3 Å². The van der Waals surface area contributed by atoms with Crippen LogP contribution in [0.3, 0.4) is 0 Å². The molecule has 0 atom stereocenters. The van der Waals surface area contributed by atoms with Crippen molar-refractivity contribution in [1.82, 2.24) is 9.78 Å². The van der Waals surface area contributed by atoms with Crippen LogP contribution in [0, 0.1) is 0 Å². The standard InChI is InChI=1S/C10H12BrN3S/c1-2-7-3-4-8(15-7)6-14-10(12)9(11)5-13-14/h3-5H,2,6,12H2,1H3. The zero-order valence-electron chi connectivity index (χ0n) is 8.40. The van der Waals surface area contributed by atoms with Crippen molar-refractivity contribution in [2.75, 3.05) is 5.73 Å². The number of anilines is 1. The van der Waals surface area contributed by atoms with Crippen LogP contribution in [-0.2, 0) is 13.0 Å². The van der Waals surface area contributed by atoms with Crippen molar-refractivity contribution in [3.8, 4) is 0 Å². The monoisotopic (exact) mass is 285 g/mol. The molecule has 0 aromatic carbocycles. The minimum Gasteiger partial charge on any atom is -0.383 e. The zero-order chi connectivity index (χ0) is 10.8. The SMILES string of the molecule is CCc1ccc(Cn2ncc(Br)c2N)s1. The van der Waals surface area contributed by atoms with Gasteiger partial charge in [-0.2, -0.15) is 5.10 Å². The van der Waals surface area contributed by atoms with Crippen LogP contribution in [0.5, 0.6) is 0 Å². The van der Waals surface area contributed by atoms with E-state index in [9.17, 15) is 0 Å². The summed E-state index contributed by atoms with van der Waals surface area (Å²) in [6.45, 7) is 2.91. The first-order chi connectivity index (χ1) is 7.20. The van der Waals surface area contributed by atoms with Gasteiger partial charge in [0.2, 0.25) is 0 Å². The van der Waals surface area contributed by atoms with Crippen molar-refractivity contribution in [3.63, 3.8) is 0 Å². The Labute approximate surface area is 101 Å². The molecule has 0 aliphatic carbocycles. The van der Waals surface area contributed by atoms with Crippen LogP contribution in [0.25, 0.3) is 0 Å². The number of hydrogen-bond donors (Lipinski definition) is 1. The maximum Gasteiger partial charge on any atom is 0.136 e. The van der Waals surface area contributed by atoms with Crippen LogP contribution < -0.4 is 5.73 Å². The van der Waals surface area contributed by atoms with Gasteiger partial charge in [0.15, 0.2) is 0 Å². The predicted octanol–water partition coefficient (Wildman–Crippen LogP) is 2.90. The van der Waals surface area contributed by atoms with Gasteiger partial charge in [-0.25, -0.2) is 4.68 Å². The number of nitrogens with two attached hydrogens (primary N) is 1. The van der Waals surface area contributed by atoms with Crippen molar-refractivity contribution in [3.05, 3.63) is 32.6 Å². The summed E-state index contributed by atoms with van der Waals surface area (Å²) in [4.78, 5) is 2.68. The number of hydrogen-bond acceptors (Lipinski definition) is 3. The molecule has 2 N–H and O–H groups in total. The molecule has 3 nitrogen and oxygen atoms in total. The van der Waals surface area contributed by atoms with E-state index in [2.05, 4.69) is 40.1 Å². The molecular formula is C10H12BrN3S. The van der Waals surface area contributed by atoms with E-state index in [4.69, 9.17) is 5.73 Å². The van der Waals surface area contributed by atoms with Crippen molar-refractivity contribution >= 4 is 33.1 Å². The lowest BCUT2D eigenvalue weighted by Gasteiger charge is -2.01.